The number of para-hydroxylation sites is 3. The van der Waals surface area contributed by atoms with Crippen molar-refractivity contribution < 1.29 is 9.53 Å². The molecule has 1 aliphatic heterocycles. The first kappa shape index (κ1) is 14.9. The maximum Gasteiger partial charge on any atom is 0.227 e. The molecular weight excluding hydrogens is 292 g/mol. The molecule has 2 aromatic rings. The lowest BCUT2D eigenvalue weighted by Crippen LogP contribution is -2.25. The summed E-state index contributed by atoms with van der Waals surface area (Å²) in [7, 11) is 0. The molecule has 0 aliphatic carbocycles. The molecule has 2 aromatic carbocycles. The summed E-state index contributed by atoms with van der Waals surface area (Å²) in [4.78, 5) is 16.8. The standard InChI is InChI=1S/C17H16N4O2/c18-20-19-11-13-10-17(22)21(12-13)15-8-4-5-9-16(15)23-14-6-2-1-3-7-14/h1-9,13H,10-12H2. The van der Waals surface area contributed by atoms with Crippen molar-refractivity contribution in [3.63, 3.8) is 0 Å². The molecule has 1 saturated heterocycles. The minimum atomic E-state index is 0.0206. The smallest absolute Gasteiger partial charge is 0.227 e. The van der Waals surface area contributed by atoms with Crippen molar-refractivity contribution in [3.05, 3.63) is 65.0 Å². The third-order valence-corrected chi connectivity index (χ3v) is 3.74. The van der Waals surface area contributed by atoms with Crippen LogP contribution in [-0.4, -0.2) is 19.0 Å². The third kappa shape index (κ3) is 3.44. The molecule has 0 saturated carbocycles. The van der Waals surface area contributed by atoms with Crippen LogP contribution in [0, 0.1) is 5.92 Å². The van der Waals surface area contributed by atoms with Crippen LogP contribution in [-0.2, 0) is 4.79 Å². The topological polar surface area (TPSA) is 78.3 Å². The molecule has 0 spiro atoms. The Hall–Kier alpha value is -2.98. The molecule has 1 atom stereocenters. The number of azide groups is 1. The van der Waals surface area contributed by atoms with Crippen LogP contribution in [0.15, 0.2) is 59.7 Å². The first-order chi connectivity index (χ1) is 11.3. The van der Waals surface area contributed by atoms with E-state index in [0.29, 0.717) is 25.3 Å². The summed E-state index contributed by atoms with van der Waals surface area (Å²) < 4.78 is 5.91. The highest BCUT2D eigenvalue weighted by Crippen LogP contribution is 2.35. The summed E-state index contributed by atoms with van der Waals surface area (Å²) in [6, 6.07) is 16.9. The van der Waals surface area contributed by atoms with Crippen molar-refractivity contribution in [3.8, 4) is 11.5 Å². The van der Waals surface area contributed by atoms with E-state index in [1.165, 1.54) is 0 Å². The van der Waals surface area contributed by atoms with Gasteiger partial charge in [0.2, 0.25) is 5.91 Å². The summed E-state index contributed by atoms with van der Waals surface area (Å²) in [5.41, 5.74) is 9.16. The van der Waals surface area contributed by atoms with Crippen molar-refractivity contribution in [2.45, 2.75) is 6.42 Å². The predicted molar refractivity (Wildman–Crippen MR) is 87.4 cm³/mol. The number of rotatable bonds is 5. The van der Waals surface area contributed by atoms with Crippen LogP contribution in [0.2, 0.25) is 0 Å². The lowest BCUT2D eigenvalue weighted by molar-refractivity contribution is -0.117. The van der Waals surface area contributed by atoms with E-state index in [-0.39, 0.29) is 11.8 Å². The zero-order chi connectivity index (χ0) is 16.1. The number of anilines is 1. The summed E-state index contributed by atoms with van der Waals surface area (Å²) in [5, 5.41) is 3.58. The minimum Gasteiger partial charge on any atom is -0.455 e. The van der Waals surface area contributed by atoms with Gasteiger partial charge in [-0.05, 0) is 35.7 Å². The highest BCUT2D eigenvalue weighted by molar-refractivity contribution is 5.97. The van der Waals surface area contributed by atoms with Gasteiger partial charge in [0.15, 0.2) is 5.75 Å². The van der Waals surface area contributed by atoms with Gasteiger partial charge in [-0.1, -0.05) is 35.4 Å². The van der Waals surface area contributed by atoms with E-state index in [2.05, 4.69) is 10.0 Å². The van der Waals surface area contributed by atoms with Gasteiger partial charge in [-0.3, -0.25) is 4.79 Å². The summed E-state index contributed by atoms with van der Waals surface area (Å²) in [5.74, 6) is 1.42. The van der Waals surface area contributed by atoms with Crippen LogP contribution in [0.25, 0.3) is 10.4 Å². The van der Waals surface area contributed by atoms with Gasteiger partial charge in [-0.25, -0.2) is 0 Å². The maximum atomic E-state index is 12.3. The van der Waals surface area contributed by atoms with E-state index in [1.54, 1.807) is 4.90 Å². The lowest BCUT2D eigenvalue weighted by atomic mass is 10.1. The number of carbonyl (C=O) groups is 1. The van der Waals surface area contributed by atoms with Gasteiger partial charge >= 0.3 is 0 Å². The Morgan fingerprint density at radius 3 is 2.70 bits per heavy atom. The minimum absolute atomic E-state index is 0.0206. The Balaban J connectivity index is 1.83. The number of amides is 1. The summed E-state index contributed by atoms with van der Waals surface area (Å²) >= 11 is 0. The molecule has 1 amide bonds. The fourth-order valence-electron chi connectivity index (χ4n) is 2.67. The highest BCUT2D eigenvalue weighted by atomic mass is 16.5. The fraction of sp³-hybridized carbons (Fsp3) is 0.235. The molecule has 1 unspecified atom stereocenters. The van der Waals surface area contributed by atoms with Crippen LogP contribution in [0.5, 0.6) is 11.5 Å². The van der Waals surface area contributed by atoms with E-state index in [4.69, 9.17) is 10.3 Å². The Kier molecular flexibility index (Phi) is 4.45. The van der Waals surface area contributed by atoms with Gasteiger partial charge in [0.05, 0.1) is 5.69 Å². The van der Waals surface area contributed by atoms with Crippen molar-refractivity contribution in [2.24, 2.45) is 11.0 Å². The van der Waals surface area contributed by atoms with Gasteiger partial charge in [-0.15, -0.1) is 0 Å². The second-order valence-electron chi connectivity index (χ2n) is 5.37. The molecular formula is C17H16N4O2. The zero-order valence-electron chi connectivity index (χ0n) is 12.5. The van der Waals surface area contributed by atoms with Crippen LogP contribution in [0.3, 0.4) is 0 Å². The number of ether oxygens (including phenoxy) is 1. The van der Waals surface area contributed by atoms with E-state index in [1.807, 2.05) is 54.6 Å². The molecule has 0 radical (unpaired) electrons. The zero-order valence-corrected chi connectivity index (χ0v) is 12.5. The molecule has 1 heterocycles. The van der Waals surface area contributed by atoms with Gasteiger partial charge in [0, 0.05) is 24.4 Å². The van der Waals surface area contributed by atoms with Gasteiger partial charge in [-0.2, -0.15) is 0 Å². The summed E-state index contributed by atoms with van der Waals surface area (Å²) in [6.07, 6.45) is 0.388. The Labute approximate surface area is 133 Å². The quantitative estimate of drug-likeness (QED) is 0.472. The SMILES string of the molecule is [N-]=[N+]=NCC1CC(=O)N(c2ccccc2Oc2ccccc2)C1. The first-order valence-electron chi connectivity index (χ1n) is 7.41. The van der Waals surface area contributed by atoms with Crippen LogP contribution in [0.4, 0.5) is 5.69 Å². The number of carbonyl (C=O) groups excluding carboxylic acids is 1. The molecule has 0 aromatic heterocycles. The monoisotopic (exact) mass is 308 g/mol. The average molecular weight is 308 g/mol. The predicted octanol–water partition coefficient (Wildman–Crippen LogP) is 4.14. The van der Waals surface area contributed by atoms with Gasteiger partial charge in [0.25, 0.3) is 0 Å². The molecule has 0 N–H and O–H groups in total. The van der Waals surface area contributed by atoms with Crippen molar-refractivity contribution >= 4 is 11.6 Å². The molecule has 0 bridgehead atoms. The molecule has 23 heavy (non-hydrogen) atoms. The maximum absolute atomic E-state index is 12.3. The molecule has 6 nitrogen and oxygen atoms in total. The Bertz CT molecular complexity index is 741. The lowest BCUT2D eigenvalue weighted by Gasteiger charge is -2.20. The summed E-state index contributed by atoms with van der Waals surface area (Å²) in [6.45, 7) is 0.869. The van der Waals surface area contributed by atoms with E-state index >= 15 is 0 Å². The van der Waals surface area contributed by atoms with E-state index in [9.17, 15) is 4.79 Å². The Morgan fingerprint density at radius 2 is 1.91 bits per heavy atom. The van der Waals surface area contributed by atoms with Gasteiger partial charge < -0.3 is 9.64 Å². The molecule has 1 aliphatic rings. The van der Waals surface area contributed by atoms with Gasteiger partial charge in [0.1, 0.15) is 5.75 Å². The normalized spacial score (nSPS) is 17.0. The number of hydrogen-bond acceptors (Lipinski definition) is 3. The van der Waals surface area contributed by atoms with Crippen molar-refractivity contribution in [1.29, 1.82) is 0 Å². The van der Waals surface area contributed by atoms with Crippen molar-refractivity contribution in [1.82, 2.24) is 0 Å². The number of benzene rings is 2. The second kappa shape index (κ2) is 6.85. The number of nitrogens with zero attached hydrogens (tertiary/aromatic N) is 4. The van der Waals surface area contributed by atoms with Crippen molar-refractivity contribution in [2.75, 3.05) is 18.0 Å². The van der Waals surface area contributed by atoms with Crippen LogP contribution < -0.4 is 9.64 Å². The molecule has 116 valence electrons. The van der Waals surface area contributed by atoms with Crippen LogP contribution >= 0.6 is 0 Å². The van der Waals surface area contributed by atoms with E-state index < -0.39 is 0 Å². The Morgan fingerprint density at radius 1 is 1.17 bits per heavy atom. The molecule has 1 fully saturated rings. The largest absolute Gasteiger partial charge is 0.455 e. The highest BCUT2D eigenvalue weighted by Gasteiger charge is 2.31. The van der Waals surface area contributed by atoms with E-state index in [0.717, 1.165) is 11.4 Å². The fourth-order valence-corrected chi connectivity index (χ4v) is 2.67. The third-order valence-electron chi connectivity index (χ3n) is 3.74. The number of hydrogen-bond donors (Lipinski definition) is 0. The second-order valence-corrected chi connectivity index (χ2v) is 5.37. The van der Waals surface area contributed by atoms with Crippen LogP contribution in [0.1, 0.15) is 6.42 Å². The molecule has 3 rings (SSSR count). The molecule has 6 heteroatoms. The first-order valence-corrected chi connectivity index (χ1v) is 7.41. The average Bonchev–Trinajstić information content (AvgIpc) is 2.95.